The Kier molecular flexibility index (Phi) is 6.03. The van der Waals surface area contributed by atoms with Crippen molar-refractivity contribution in [1.82, 2.24) is 15.6 Å². The van der Waals surface area contributed by atoms with E-state index in [2.05, 4.69) is 43.3 Å². The van der Waals surface area contributed by atoms with Crippen molar-refractivity contribution >= 4 is 17.3 Å². The van der Waals surface area contributed by atoms with Crippen molar-refractivity contribution < 1.29 is 0 Å². The molecule has 21 heavy (non-hydrogen) atoms. The lowest BCUT2D eigenvalue weighted by molar-refractivity contribution is 0.329. The highest BCUT2D eigenvalue weighted by Gasteiger charge is 2.18. The van der Waals surface area contributed by atoms with Gasteiger partial charge in [0.25, 0.3) is 0 Å². The van der Waals surface area contributed by atoms with Gasteiger partial charge in [-0.3, -0.25) is 0 Å². The van der Waals surface area contributed by atoms with Gasteiger partial charge in [0.05, 0.1) is 12.2 Å². The summed E-state index contributed by atoms with van der Waals surface area (Å²) in [6.07, 6.45) is 5.14. The largest absolute Gasteiger partial charge is 0.357 e. The van der Waals surface area contributed by atoms with Crippen LogP contribution in [0.2, 0.25) is 0 Å². The molecule has 1 aliphatic rings. The van der Waals surface area contributed by atoms with E-state index in [0.29, 0.717) is 12.6 Å². The molecule has 0 atom stereocenters. The quantitative estimate of drug-likeness (QED) is 0.662. The Labute approximate surface area is 132 Å². The Balaban J connectivity index is 1.92. The van der Waals surface area contributed by atoms with Crippen LogP contribution in [0.15, 0.2) is 4.99 Å². The molecule has 0 radical (unpaired) electrons. The van der Waals surface area contributed by atoms with Crippen LogP contribution in [-0.4, -0.2) is 23.5 Å². The van der Waals surface area contributed by atoms with Crippen LogP contribution in [0.25, 0.3) is 0 Å². The number of thiazole rings is 1. The normalized spacial score (nSPS) is 23.1. The molecule has 4 nitrogen and oxygen atoms in total. The summed E-state index contributed by atoms with van der Waals surface area (Å²) >= 11 is 1.75. The monoisotopic (exact) mass is 308 g/mol. The van der Waals surface area contributed by atoms with Crippen LogP contribution in [0.4, 0.5) is 0 Å². The highest BCUT2D eigenvalue weighted by Crippen LogP contribution is 2.23. The number of guanidine groups is 1. The van der Waals surface area contributed by atoms with Crippen LogP contribution < -0.4 is 10.6 Å². The fourth-order valence-corrected chi connectivity index (χ4v) is 3.53. The van der Waals surface area contributed by atoms with E-state index in [-0.39, 0.29) is 0 Å². The lowest BCUT2D eigenvalue weighted by atomic mass is 9.87. The SMILES string of the molecule is CCNC(=NCc1nc(C)c(C)s1)NC1CCC(C)CC1. The van der Waals surface area contributed by atoms with Crippen molar-refractivity contribution in [3.63, 3.8) is 0 Å². The van der Waals surface area contributed by atoms with E-state index in [4.69, 9.17) is 4.99 Å². The van der Waals surface area contributed by atoms with Gasteiger partial charge in [-0.25, -0.2) is 9.98 Å². The fourth-order valence-electron chi connectivity index (χ4n) is 2.67. The van der Waals surface area contributed by atoms with Gasteiger partial charge in [-0.15, -0.1) is 11.3 Å². The van der Waals surface area contributed by atoms with E-state index < -0.39 is 0 Å². The number of aliphatic imine (C=N–C) groups is 1. The van der Waals surface area contributed by atoms with E-state index in [1.54, 1.807) is 11.3 Å². The van der Waals surface area contributed by atoms with Crippen LogP contribution in [0.3, 0.4) is 0 Å². The lowest BCUT2D eigenvalue weighted by Crippen LogP contribution is -2.44. The first-order chi connectivity index (χ1) is 10.1. The third-order valence-electron chi connectivity index (χ3n) is 4.15. The highest BCUT2D eigenvalue weighted by atomic mass is 32.1. The maximum Gasteiger partial charge on any atom is 0.191 e. The summed E-state index contributed by atoms with van der Waals surface area (Å²) in [5.41, 5.74) is 1.13. The Bertz CT molecular complexity index is 453. The topological polar surface area (TPSA) is 49.3 Å². The molecule has 5 heteroatoms. The number of rotatable bonds is 4. The number of nitrogens with zero attached hydrogens (tertiary/aromatic N) is 2. The van der Waals surface area contributed by atoms with Crippen molar-refractivity contribution in [3.05, 3.63) is 15.6 Å². The molecule has 0 amide bonds. The third-order valence-corrected chi connectivity index (χ3v) is 5.20. The number of nitrogens with one attached hydrogen (secondary N) is 2. The van der Waals surface area contributed by atoms with Crippen LogP contribution in [0.1, 0.15) is 55.1 Å². The molecule has 1 aliphatic carbocycles. The second kappa shape index (κ2) is 7.78. The number of hydrogen-bond acceptors (Lipinski definition) is 3. The van der Waals surface area contributed by atoms with Gasteiger partial charge in [0.1, 0.15) is 5.01 Å². The van der Waals surface area contributed by atoms with Gasteiger partial charge in [0.2, 0.25) is 0 Å². The molecule has 1 aromatic rings. The van der Waals surface area contributed by atoms with Gasteiger partial charge in [-0.05, 0) is 52.4 Å². The summed E-state index contributed by atoms with van der Waals surface area (Å²) in [4.78, 5) is 10.5. The zero-order valence-corrected chi connectivity index (χ0v) is 14.5. The molecule has 118 valence electrons. The molecule has 2 N–H and O–H groups in total. The van der Waals surface area contributed by atoms with Crippen LogP contribution in [0.5, 0.6) is 0 Å². The highest BCUT2D eigenvalue weighted by molar-refractivity contribution is 7.11. The van der Waals surface area contributed by atoms with Crippen molar-refractivity contribution in [1.29, 1.82) is 0 Å². The van der Waals surface area contributed by atoms with Crippen molar-refractivity contribution in [2.24, 2.45) is 10.9 Å². The van der Waals surface area contributed by atoms with E-state index in [1.165, 1.54) is 30.6 Å². The summed E-state index contributed by atoms with van der Waals surface area (Å²) < 4.78 is 0. The van der Waals surface area contributed by atoms with Crippen LogP contribution >= 0.6 is 11.3 Å². The minimum atomic E-state index is 0.568. The van der Waals surface area contributed by atoms with Gasteiger partial charge >= 0.3 is 0 Å². The fraction of sp³-hybridized carbons (Fsp3) is 0.750. The molecular formula is C16H28N4S. The predicted octanol–water partition coefficient (Wildman–Crippen LogP) is 3.39. The lowest BCUT2D eigenvalue weighted by Gasteiger charge is -2.28. The first-order valence-corrected chi connectivity index (χ1v) is 8.88. The molecule has 2 rings (SSSR count). The van der Waals surface area contributed by atoms with Crippen molar-refractivity contribution in [2.75, 3.05) is 6.54 Å². The smallest absolute Gasteiger partial charge is 0.191 e. The standard InChI is InChI=1S/C16H28N4S/c1-5-17-16(20-14-8-6-11(2)7-9-14)18-10-15-19-12(3)13(4)21-15/h11,14H,5-10H2,1-4H3,(H2,17,18,20). The summed E-state index contributed by atoms with van der Waals surface area (Å²) in [5.74, 6) is 1.81. The van der Waals surface area contributed by atoms with Gasteiger partial charge in [-0.2, -0.15) is 0 Å². The van der Waals surface area contributed by atoms with E-state index in [9.17, 15) is 0 Å². The second-order valence-corrected chi connectivity index (χ2v) is 7.33. The number of aromatic nitrogens is 1. The first-order valence-electron chi connectivity index (χ1n) is 8.06. The summed E-state index contributed by atoms with van der Waals surface area (Å²) in [6.45, 7) is 10.2. The summed E-state index contributed by atoms with van der Waals surface area (Å²) in [6, 6.07) is 0.568. The van der Waals surface area contributed by atoms with Gasteiger partial charge in [-0.1, -0.05) is 6.92 Å². The Morgan fingerprint density at radius 3 is 2.57 bits per heavy atom. The number of hydrogen-bond donors (Lipinski definition) is 2. The third kappa shape index (κ3) is 4.99. The molecule has 0 saturated heterocycles. The molecule has 0 bridgehead atoms. The summed E-state index contributed by atoms with van der Waals surface area (Å²) in [7, 11) is 0. The molecule has 1 heterocycles. The van der Waals surface area contributed by atoms with Crippen molar-refractivity contribution in [2.45, 2.75) is 66.0 Å². The molecule has 1 fully saturated rings. The Morgan fingerprint density at radius 1 is 1.29 bits per heavy atom. The molecule has 0 unspecified atom stereocenters. The molecule has 0 aliphatic heterocycles. The Morgan fingerprint density at radius 2 is 2.00 bits per heavy atom. The average Bonchev–Trinajstić information content (AvgIpc) is 2.78. The van der Waals surface area contributed by atoms with E-state index >= 15 is 0 Å². The van der Waals surface area contributed by atoms with Gasteiger partial charge < -0.3 is 10.6 Å². The van der Waals surface area contributed by atoms with E-state index in [1.807, 2.05) is 0 Å². The molecule has 1 aromatic heterocycles. The number of aryl methyl sites for hydroxylation is 2. The minimum absolute atomic E-state index is 0.568. The van der Waals surface area contributed by atoms with Gasteiger partial charge in [0, 0.05) is 17.5 Å². The van der Waals surface area contributed by atoms with Crippen LogP contribution in [0, 0.1) is 19.8 Å². The van der Waals surface area contributed by atoms with Crippen molar-refractivity contribution in [3.8, 4) is 0 Å². The molecular weight excluding hydrogens is 280 g/mol. The maximum atomic E-state index is 4.69. The molecule has 1 saturated carbocycles. The average molecular weight is 308 g/mol. The Hall–Kier alpha value is -1.10. The predicted molar refractivity (Wildman–Crippen MR) is 91.0 cm³/mol. The first kappa shape index (κ1) is 16.3. The van der Waals surface area contributed by atoms with Gasteiger partial charge in [0.15, 0.2) is 5.96 Å². The molecule has 0 spiro atoms. The van der Waals surface area contributed by atoms with E-state index in [0.717, 1.165) is 29.1 Å². The summed E-state index contributed by atoms with van der Waals surface area (Å²) in [5, 5.41) is 8.03. The minimum Gasteiger partial charge on any atom is -0.357 e. The molecule has 0 aromatic carbocycles. The second-order valence-electron chi connectivity index (χ2n) is 6.05. The zero-order valence-electron chi connectivity index (χ0n) is 13.7. The zero-order chi connectivity index (χ0) is 15.2. The maximum absolute atomic E-state index is 4.69. The van der Waals surface area contributed by atoms with Crippen LogP contribution in [-0.2, 0) is 6.54 Å².